The van der Waals surface area contributed by atoms with Crippen LogP contribution in [-0.4, -0.2) is 18.3 Å². The van der Waals surface area contributed by atoms with E-state index in [1.807, 2.05) is 19.9 Å². The Balaban J connectivity index is 1.96. The van der Waals surface area contributed by atoms with E-state index in [1.165, 1.54) is 11.1 Å². The summed E-state index contributed by atoms with van der Waals surface area (Å²) in [4.78, 5) is 0. The Morgan fingerprint density at radius 1 is 1.40 bits per heavy atom. The molecule has 0 saturated carbocycles. The van der Waals surface area contributed by atoms with E-state index in [1.54, 1.807) is 0 Å². The molecule has 1 unspecified atom stereocenters. The van der Waals surface area contributed by atoms with Gasteiger partial charge in [-0.2, -0.15) is 5.26 Å². The highest BCUT2D eigenvalue weighted by Crippen LogP contribution is 2.36. The van der Waals surface area contributed by atoms with Crippen LogP contribution in [0.25, 0.3) is 0 Å². The first-order valence-corrected chi connectivity index (χ1v) is 7.38. The number of aliphatic hydroxyl groups is 1. The third-order valence-electron chi connectivity index (χ3n) is 4.37. The van der Waals surface area contributed by atoms with Crippen LogP contribution in [0, 0.1) is 16.7 Å². The number of hydrogen-bond acceptors (Lipinski definition) is 3. The Morgan fingerprint density at radius 2 is 2.15 bits per heavy atom. The molecule has 0 bridgehead atoms. The fourth-order valence-corrected chi connectivity index (χ4v) is 3.01. The summed E-state index contributed by atoms with van der Waals surface area (Å²) >= 11 is 0. The summed E-state index contributed by atoms with van der Waals surface area (Å²) in [5, 5.41) is 22.4. The maximum Gasteiger partial charge on any atom is 0.0683 e. The highest BCUT2D eigenvalue weighted by molar-refractivity contribution is 5.38. The predicted octanol–water partition coefficient (Wildman–Crippen LogP) is 2.74. The number of benzene rings is 1. The molecular weight excluding hydrogens is 248 g/mol. The number of nitrogens with zero attached hydrogens (tertiary/aromatic N) is 1. The fourth-order valence-electron chi connectivity index (χ4n) is 3.01. The lowest BCUT2D eigenvalue weighted by Gasteiger charge is -2.30. The number of fused-ring (bicyclic) bond motifs is 1. The lowest BCUT2D eigenvalue weighted by molar-refractivity contribution is 0.159. The molecule has 0 heterocycles. The summed E-state index contributed by atoms with van der Waals surface area (Å²) in [6.45, 7) is 4.91. The maximum absolute atomic E-state index is 9.85. The summed E-state index contributed by atoms with van der Waals surface area (Å²) in [6, 6.07) is 10.7. The molecule has 3 nitrogen and oxygen atoms in total. The van der Waals surface area contributed by atoms with Crippen LogP contribution >= 0.6 is 0 Å². The van der Waals surface area contributed by atoms with Gasteiger partial charge in [0.2, 0.25) is 0 Å². The molecule has 0 saturated heterocycles. The van der Waals surface area contributed by atoms with Crippen LogP contribution in [0.1, 0.15) is 44.2 Å². The van der Waals surface area contributed by atoms with E-state index in [2.05, 4.69) is 29.6 Å². The quantitative estimate of drug-likeness (QED) is 0.783. The molecule has 20 heavy (non-hydrogen) atoms. The zero-order valence-corrected chi connectivity index (χ0v) is 12.4. The van der Waals surface area contributed by atoms with E-state index >= 15 is 0 Å². The Morgan fingerprint density at radius 3 is 2.85 bits per heavy atom. The van der Waals surface area contributed by atoms with Crippen molar-refractivity contribution in [1.82, 2.24) is 5.32 Å². The summed E-state index contributed by atoms with van der Waals surface area (Å²) in [5.74, 6) is 0. The normalized spacial score (nSPS) is 21.5. The molecule has 0 radical (unpaired) electrons. The molecule has 0 aliphatic heterocycles. The molecule has 2 N–H and O–H groups in total. The minimum Gasteiger partial charge on any atom is -0.394 e. The van der Waals surface area contributed by atoms with Crippen LogP contribution in [0.4, 0.5) is 0 Å². The molecule has 1 atom stereocenters. The van der Waals surface area contributed by atoms with Crippen LogP contribution in [0.3, 0.4) is 0 Å². The average molecular weight is 272 g/mol. The van der Waals surface area contributed by atoms with Crippen molar-refractivity contribution < 1.29 is 5.11 Å². The zero-order valence-electron chi connectivity index (χ0n) is 12.4. The van der Waals surface area contributed by atoms with Gasteiger partial charge in [-0.1, -0.05) is 24.3 Å². The molecule has 1 aromatic carbocycles. The van der Waals surface area contributed by atoms with Crippen molar-refractivity contribution in [3.05, 3.63) is 35.4 Å². The molecule has 0 fully saturated rings. The molecule has 1 aliphatic carbocycles. The van der Waals surface area contributed by atoms with E-state index < -0.39 is 0 Å². The zero-order chi connectivity index (χ0) is 14.6. The first kappa shape index (κ1) is 15.0. The van der Waals surface area contributed by atoms with Gasteiger partial charge in [-0.25, -0.2) is 0 Å². The third kappa shape index (κ3) is 3.03. The van der Waals surface area contributed by atoms with Crippen molar-refractivity contribution >= 4 is 0 Å². The van der Waals surface area contributed by atoms with E-state index in [9.17, 15) is 5.11 Å². The molecule has 108 valence electrons. The van der Waals surface area contributed by atoms with Gasteiger partial charge in [0.1, 0.15) is 0 Å². The van der Waals surface area contributed by atoms with Crippen molar-refractivity contribution in [3.8, 4) is 6.07 Å². The van der Waals surface area contributed by atoms with Gasteiger partial charge in [0, 0.05) is 0 Å². The summed E-state index contributed by atoms with van der Waals surface area (Å²) in [6.07, 6.45) is 3.79. The van der Waals surface area contributed by atoms with Crippen LogP contribution in [0.5, 0.6) is 0 Å². The molecular formula is C17H24N2O. The number of aryl methyl sites for hydroxylation is 1. The lowest BCUT2D eigenvalue weighted by Crippen LogP contribution is -2.44. The molecule has 0 amide bonds. The Kier molecular flexibility index (Phi) is 4.47. The van der Waals surface area contributed by atoms with Crippen molar-refractivity contribution in [2.45, 2.75) is 45.1 Å². The van der Waals surface area contributed by atoms with E-state index in [-0.39, 0.29) is 17.6 Å². The second-order valence-corrected chi connectivity index (χ2v) is 6.42. The number of aliphatic hydroxyl groups excluding tert-OH is 1. The summed E-state index contributed by atoms with van der Waals surface area (Å²) in [7, 11) is 0. The topological polar surface area (TPSA) is 56.0 Å². The first-order valence-electron chi connectivity index (χ1n) is 7.38. The summed E-state index contributed by atoms with van der Waals surface area (Å²) in [5.41, 5.74) is 2.03. The molecule has 1 aromatic rings. The molecule has 3 heteroatoms. The van der Waals surface area contributed by atoms with Crippen molar-refractivity contribution in [2.24, 2.45) is 5.41 Å². The van der Waals surface area contributed by atoms with E-state index in [0.717, 1.165) is 32.2 Å². The minimum absolute atomic E-state index is 0.131. The van der Waals surface area contributed by atoms with Gasteiger partial charge in [-0.3, -0.25) is 0 Å². The summed E-state index contributed by atoms with van der Waals surface area (Å²) < 4.78 is 0. The number of nitriles is 1. The van der Waals surface area contributed by atoms with Crippen LogP contribution < -0.4 is 5.32 Å². The third-order valence-corrected chi connectivity index (χ3v) is 4.37. The highest BCUT2D eigenvalue weighted by atomic mass is 16.3. The SMILES string of the molecule is CC(C)(C#N)CCCNC1(CO)CCc2ccccc21. The Bertz CT molecular complexity index is 504. The molecule has 2 rings (SSSR count). The van der Waals surface area contributed by atoms with Crippen LogP contribution in [0.2, 0.25) is 0 Å². The Labute approximate surface area is 121 Å². The van der Waals surface area contributed by atoms with Gasteiger partial charge in [0.15, 0.2) is 0 Å². The van der Waals surface area contributed by atoms with Gasteiger partial charge in [-0.05, 0) is 57.2 Å². The number of rotatable bonds is 6. The van der Waals surface area contributed by atoms with Gasteiger partial charge < -0.3 is 10.4 Å². The highest BCUT2D eigenvalue weighted by Gasteiger charge is 2.37. The van der Waals surface area contributed by atoms with Crippen LogP contribution in [0.15, 0.2) is 24.3 Å². The second-order valence-electron chi connectivity index (χ2n) is 6.42. The van der Waals surface area contributed by atoms with Crippen molar-refractivity contribution in [2.75, 3.05) is 13.2 Å². The Hall–Kier alpha value is -1.37. The molecule has 0 aromatic heterocycles. The van der Waals surface area contributed by atoms with E-state index in [0.29, 0.717) is 0 Å². The molecule has 0 spiro atoms. The maximum atomic E-state index is 9.85. The number of hydrogen-bond donors (Lipinski definition) is 2. The van der Waals surface area contributed by atoms with Crippen molar-refractivity contribution in [3.63, 3.8) is 0 Å². The van der Waals surface area contributed by atoms with Gasteiger partial charge in [-0.15, -0.1) is 0 Å². The van der Waals surface area contributed by atoms with Gasteiger partial charge in [0.05, 0.1) is 23.6 Å². The van der Waals surface area contributed by atoms with Crippen molar-refractivity contribution in [1.29, 1.82) is 5.26 Å². The second kappa shape index (κ2) is 5.95. The molecule has 1 aliphatic rings. The largest absolute Gasteiger partial charge is 0.394 e. The number of nitrogens with one attached hydrogen (secondary N) is 1. The lowest BCUT2D eigenvalue weighted by atomic mass is 9.89. The fraction of sp³-hybridized carbons (Fsp3) is 0.588. The standard InChI is InChI=1S/C17H24N2O/c1-16(2,12-18)9-5-11-19-17(13-20)10-8-14-6-3-4-7-15(14)17/h3-4,6-7,19-20H,5,8-11,13H2,1-2H3. The predicted molar refractivity (Wildman–Crippen MR) is 80.2 cm³/mol. The van der Waals surface area contributed by atoms with E-state index in [4.69, 9.17) is 5.26 Å². The first-order chi connectivity index (χ1) is 9.53. The van der Waals surface area contributed by atoms with Crippen LogP contribution in [-0.2, 0) is 12.0 Å². The van der Waals surface area contributed by atoms with Gasteiger partial charge >= 0.3 is 0 Å². The monoisotopic (exact) mass is 272 g/mol. The smallest absolute Gasteiger partial charge is 0.0683 e. The minimum atomic E-state index is -0.284. The average Bonchev–Trinajstić information content (AvgIpc) is 2.84. The van der Waals surface area contributed by atoms with Gasteiger partial charge in [0.25, 0.3) is 0 Å².